The second-order valence-electron chi connectivity index (χ2n) is 6.31. The molecule has 6 nitrogen and oxygen atoms in total. The number of benzene rings is 1. The highest BCUT2D eigenvalue weighted by Gasteiger charge is 2.43. The number of pyridine rings is 1. The summed E-state index contributed by atoms with van der Waals surface area (Å²) in [6, 6.07) is 9.23. The molecule has 0 bridgehead atoms. The maximum Gasteiger partial charge on any atom is 0.404 e. The second kappa shape index (κ2) is 7.29. The van der Waals surface area contributed by atoms with Gasteiger partial charge in [0, 0.05) is 17.5 Å². The highest BCUT2D eigenvalue weighted by atomic mass is 35.5. The van der Waals surface area contributed by atoms with E-state index >= 15 is 0 Å². The highest BCUT2D eigenvalue weighted by Crippen LogP contribution is 2.45. The Morgan fingerprint density at radius 3 is 2.64 bits per heavy atom. The molecule has 7 heteroatoms. The Bertz CT molecular complexity index is 760. The zero-order valence-electron chi connectivity index (χ0n) is 13.5. The number of aliphatic hydroxyl groups excluding tert-OH is 1. The van der Waals surface area contributed by atoms with Gasteiger partial charge in [0.05, 0.1) is 19.4 Å². The quantitative estimate of drug-likeness (QED) is 0.657. The maximum absolute atomic E-state index is 10.6. The summed E-state index contributed by atoms with van der Waals surface area (Å²) < 4.78 is 5.83. The predicted octanol–water partition coefficient (Wildman–Crippen LogP) is 3.32. The van der Waals surface area contributed by atoms with E-state index in [2.05, 4.69) is 10.3 Å². The second-order valence-corrected chi connectivity index (χ2v) is 6.67. The van der Waals surface area contributed by atoms with Crippen molar-refractivity contribution in [1.82, 2.24) is 10.3 Å². The molecule has 1 saturated carbocycles. The molecular weight excluding hydrogens is 344 g/mol. The Balaban J connectivity index is 1.70. The van der Waals surface area contributed by atoms with Crippen LogP contribution in [0.25, 0.3) is 11.1 Å². The first-order chi connectivity index (χ1) is 12.0. The summed E-state index contributed by atoms with van der Waals surface area (Å²) in [7, 11) is 0. The Kier molecular flexibility index (Phi) is 5.11. The van der Waals surface area contributed by atoms with E-state index in [9.17, 15) is 4.79 Å². The summed E-state index contributed by atoms with van der Waals surface area (Å²) in [5.74, 6) is 0.590. The van der Waals surface area contributed by atoms with Crippen LogP contribution in [0.2, 0.25) is 5.15 Å². The van der Waals surface area contributed by atoms with Crippen molar-refractivity contribution in [3.63, 3.8) is 0 Å². The minimum Gasteiger partial charge on any atom is -0.491 e. The van der Waals surface area contributed by atoms with Gasteiger partial charge in [0.2, 0.25) is 0 Å². The normalized spacial score (nSPS) is 14.8. The van der Waals surface area contributed by atoms with Crippen molar-refractivity contribution in [2.24, 2.45) is 5.41 Å². The molecule has 1 heterocycles. The Hall–Kier alpha value is -2.31. The van der Waals surface area contributed by atoms with Crippen LogP contribution in [-0.4, -0.2) is 34.4 Å². The van der Waals surface area contributed by atoms with Crippen LogP contribution in [-0.2, 0) is 6.61 Å². The third kappa shape index (κ3) is 4.41. The zero-order chi connectivity index (χ0) is 17.9. The fourth-order valence-electron chi connectivity index (χ4n) is 2.55. The van der Waals surface area contributed by atoms with Crippen molar-refractivity contribution in [1.29, 1.82) is 0 Å². The summed E-state index contributed by atoms with van der Waals surface area (Å²) in [6.45, 7) is 0.806. The first-order valence-corrected chi connectivity index (χ1v) is 8.34. The number of hydrogen-bond acceptors (Lipinski definition) is 4. The molecule has 25 heavy (non-hydrogen) atoms. The molecule has 0 atom stereocenters. The molecule has 0 radical (unpaired) electrons. The maximum atomic E-state index is 10.6. The van der Waals surface area contributed by atoms with E-state index in [0.717, 1.165) is 29.5 Å². The van der Waals surface area contributed by atoms with Crippen LogP contribution >= 0.6 is 11.6 Å². The van der Waals surface area contributed by atoms with E-state index in [1.54, 1.807) is 6.20 Å². The van der Waals surface area contributed by atoms with E-state index in [4.69, 9.17) is 26.6 Å². The van der Waals surface area contributed by atoms with Crippen LogP contribution in [0.4, 0.5) is 4.79 Å². The van der Waals surface area contributed by atoms with Gasteiger partial charge in [-0.3, -0.25) is 0 Å². The third-order valence-electron chi connectivity index (χ3n) is 4.38. The van der Waals surface area contributed by atoms with Crippen molar-refractivity contribution in [2.45, 2.75) is 19.4 Å². The van der Waals surface area contributed by atoms with Crippen LogP contribution in [0, 0.1) is 5.41 Å². The van der Waals surface area contributed by atoms with E-state index in [1.807, 2.05) is 30.3 Å². The van der Waals surface area contributed by atoms with Crippen molar-refractivity contribution in [3.8, 4) is 16.9 Å². The van der Waals surface area contributed by atoms with Gasteiger partial charge in [0.1, 0.15) is 10.9 Å². The van der Waals surface area contributed by atoms with Gasteiger partial charge in [0.15, 0.2) is 0 Å². The largest absolute Gasteiger partial charge is 0.491 e. The molecule has 0 aliphatic heterocycles. The van der Waals surface area contributed by atoms with Crippen molar-refractivity contribution in [3.05, 3.63) is 47.2 Å². The number of aliphatic hydroxyl groups is 1. The van der Waals surface area contributed by atoms with Gasteiger partial charge in [-0.1, -0.05) is 35.9 Å². The van der Waals surface area contributed by atoms with Crippen LogP contribution in [0.3, 0.4) is 0 Å². The van der Waals surface area contributed by atoms with Gasteiger partial charge in [0.25, 0.3) is 0 Å². The molecule has 1 aliphatic carbocycles. The zero-order valence-corrected chi connectivity index (χ0v) is 14.3. The lowest BCUT2D eigenvalue weighted by molar-refractivity contribution is 0.184. The van der Waals surface area contributed by atoms with E-state index in [0.29, 0.717) is 24.1 Å². The fraction of sp³-hybridized carbons (Fsp3) is 0.333. The lowest BCUT2D eigenvalue weighted by Crippen LogP contribution is -2.31. The number of aromatic nitrogens is 1. The molecule has 2 aromatic rings. The Morgan fingerprint density at radius 1 is 1.32 bits per heavy atom. The minimum atomic E-state index is -1.02. The number of carbonyl (C=O) groups is 1. The molecule has 0 spiro atoms. The monoisotopic (exact) mass is 362 g/mol. The minimum absolute atomic E-state index is 0.0120. The fourth-order valence-corrected chi connectivity index (χ4v) is 2.76. The van der Waals surface area contributed by atoms with Gasteiger partial charge in [-0.05, 0) is 30.0 Å². The van der Waals surface area contributed by atoms with Crippen LogP contribution in [0.15, 0.2) is 36.5 Å². The van der Waals surface area contributed by atoms with E-state index in [-0.39, 0.29) is 12.0 Å². The molecule has 1 fully saturated rings. The summed E-state index contributed by atoms with van der Waals surface area (Å²) >= 11 is 6.20. The summed E-state index contributed by atoms with van der Waals surface area (Å²) in [5.41, 5.74) is 2.33. The highest BCUT2D eigenvalue weighted by molar-refractivity contribution is 6.32. The van der Waals surface area contributed by atoms with Crippen LogP contribution in [0.1, 0.15) is 18.4 Å². The first kappa shape index (κ1) is 17.5. The average molecular weight is 363 g/mol. The molecule has 1 amide bonds. The van der Waals surface area contributed by atoms with Crippen LogP contribution < -0.4 is 10.1 Å². The van der Waals surface area contributed by atoms with Crippen molar-refractivity contribution in [2.75, 3.05) is 13.2 Å². The smallest absolute Gasteiger partial charge is 0.404 e. The summed E-state index contributed by atoms with van der Waals surface area (Å²) in [4.78, 5) is 14.8. The molecule has 1 aromatic heterocycles. The first-order valence-electron chi connectivity index (χ1n) is 7.97. The van der Waals surface area contributed by atoms with Crippen molar-refractivity contribution < 1.29 is 19.7 Å². The summed E-state index contributed by atoms with van der Waals surface area (Å²) in [6.07, 6.45) is 2.41. The van der Waals surface area contributed by atoms with Crippen LogP contribution in [0.5, 0.6) is 5.75 Å². The van der Waals surface area contributed by atoms with Gasteiger partial charge in [-0.25, -0.2) is 9.78 Å². The molecule has 3 N–H and O–H groups in total. The lowest BCUT2D eigenvalue weighted by atomic mass is 10.1. The van der Waals surface area contributed by atoms with Gasteiger partial charge >= 0.3 is 6.09 Å². The van der Waals surface area contributed by atoms with Gasteiger partial charge in [-0.2, -0.15) is 0 Å². The molecule has 1 aliphatic rings. The standard InChI is InChI=1S/C18H19ClN2O4/c19-16-15(13-3-1-12(9-22)2-4-13)7-14(8-20-16)25-11-18(5-6-18)10-21-17(23)24/h1-4,7-8,21-22H,5-6,9-11H2,(H,23,24). The number of nitrogens with zero attached hydrogens (tertiary/aromatic N) is 1. The number of nitrogens with one attached hydrogen (secondary N) is 1. The predicted molar refractivity (Wildman–Crippen MR) is 93.8 cm³/mol. The molecule has 132 valence electrons. The number of ether oxygens (including phenoxy) is 1. The molecule has 3 rings (SSSR count). The number of rotatable bonds is 7. The Morgan fingerprint density at radius 2 is 2.04 bits per heavy atom. The topological polar surface area (TPSA) is 91.7 Å². The van der Waals surface area contributed by atoms with E-state index < -0.39 is 6.09 Å². The Labute approximate surface area is 150 Å². The number of halogens is 1. The molecular formula is C18H19ClN2O4. The number of hydrogen-bond donors (Lipinski definition) is 3. The number of carboxylic acid groups (broad SMARTS) is 1. The van der Waals surface area contributed by atoms with Gasteiger partial charge < -0.3 is 20.3 Å². The molecule has 0 unspecified atom stereocenters. The van der Waals surface area contributed by atoms with Gasteiger partial charge in [-0.15, -0.1) is 0 Å². The molecule has 1 aromatic carbocycles. The van der Waals surface area contributed by atoms with Crippen molar-refractivity contribution >= 4 is 17.7 Å². The van der Waals surface area contributed by atoms with E-state index in [1.165, 1.54) is 0 Å². The SMILES string of the molecule is O=C(O)NCC1(COc2cnc(Cl)c(-c3ccc(CO)cc3)c2)CC1. The average Bonchev–Trinajstić information content (AvgIpc) is 3.40. The lowest BCUT2D eigenvalue weighted by Gasteiger charge is -2.16. The third-order valence-corrected chi connectivity index (χ3v) is 4.68. The summed E-state index contributed by atoms with van der Waals surface area (Å²) in [5, 5.41) is 20.6. The number of amides is 1. The molecule has 0 saturated heterocycles.